The fraction of sp³-hybridized carbons (Fsp3) is 0.409. The number of aromatic nitrogens is 2. The molecule has 0 saturated carbocycles. The van der Waals surface area contributed by atoms with Crippen molar-refractivity contribution < 1.29 is 24.2 Å². The minimum absolute atomic E-state index is 0.0985. The van der Waals surface area contributed by atoms with Crippen LogP contribution in [0.3, 0.4) is 0 Å². The van der Waals surface area contributed by atoms with Gasteiger partial charge in [-0.05, 0) is 37.1 Å². The van der Waals surface area contributed by atoms with Gasteiger partial charge in [0, 0.05) is 37.3 Å². The number of carbonyl (C=O) groups excluding carboxylic acids is 2. The number of amides is 2. The Morgan fingerprint density at radius 2 is 2.16 bits per heavy atom. The van der Waals surface area contributed by atoms with Crippen LogP contribution in [0.1, 0.15) is 33.7 Å². The molecule has 2 aromatic rings. The van der Waals surface area contributed by atoms with Gasteiger partial charge in [-0.1, -0.05) is 6.07 Å². The van der Waals surface area contributed by atoms with E-state index in [2.05, 4.69) is 15.3 Å². The van der Waals surface area contributed by atoms with Crippen molar-refractivity contribution in [1.82, 2.24) is 20.2 Å². The lowest BCUT2D eigenvalue weighted by Gasteiger charge is -2.29. The van der Waals surface area contributed by atoms with Crippen molar-refractivity contribution >= 4 is 18.3 Å². The lowest BCUT2D eigenvalue weighted by atomic mass is 9.73. The van der Waals surface area contributed by atoms with Gasteiger partial charge in [0.05, 0.1) is 18.2 Å². The Balaban J connectivity index is 0.000000775. The monoisotopic (exact) mass is 440 g/mol. The van der Waals surface area contributed by atoms with Crippen molar-refractivity contribution in [2.45, 2.75) is 24.5 Å². The molecule has 0 aliphatic carbocycles. The predicted octanol–water partition coefficient (Wildman–Crippen LogP) is 0.520. The van der Waals surface area contributed by atoms with Crippen LogP contribution in [-0.2, 0) is 9.53 Å². The Hall–Kier alpha value is -3.53. The van der Waals surface area contributed by atoms with Crippen LogP contribution in [0, 0.1) is 11.8 Å². The summed E-state index contributed by atoms with van der Waals surface area (Å²) in [6, 6.07) is 8.44. The average molecular weight is 440 g/mol. The zero-order valence-corrected chi connectivity index (χ0v) is 17.3. The molecular weight excluding hydrogens is 416 g/mol. The van der Waals surface area contributed by atoms with Crippen LogP contribution in [0.4, 0.5) is 0 Å². The highest BCUT2D eigenvalue weighted by Gasteiger charge is 2.63. The van der Waals surface area contributed by atoms with Gasteiger partial charge in [-0.2, -0.15) is 0 Å². The third-order valence-electron chi connectivity index (χ3n) is 6.52. The van der Waals surface area contributed by atoms with Gasteiger partial charge in [-0.25, -0.2) is 0 Å². The van der Waals surface area contributed by atoms with E-state index in [1.165, 1.54) is 6.20 Å². The predicted molar refractivity (Wildman–Crippen MR) is 112 cm³/mol. The number of carboxylic acid groups (broad SMARTS) is 1. The number of H-pyrrole nitrogens is 1. The molecule has 0 unspecified atom stereocenters. The third-order valence-corrected chi connectivity index (χ3v) is 6.52. The van der Waals surface area contributed by atoms with E-state index >= 15 is 0 Å². The van der Waals surface area contributed by atoms with Gasteiger partial charge >= 0.3 is 0 Å². The summed E-state index contributed by atoms with van der Waals surface area (Å²) in [6.07, 6.45) is 5.04. The second-order valence-corrected chi connectivity index (χ2v) is 8.16. The molecule has 5 rings (SSSR count). The molecular formula is C22H24N4O6. The van der Waals surface area contributed by atoms with Crippen LogP contribution in [0.2, 0.25) is 0 Å². The minimum atomic E-state index is -0.378. The van der Waals surface area contributed by atoms with Crippen molar-refractivity contribution in [3.63, 3.8) is 0 Å². The zero-order valence-electron chi connectivity index (χ0n) is 17.3. The van der Waals surface area contributed by atoms with E-state index in [0.29, 0.717) is 25.3 Å². The SMILES string of the molecule is O=C(NC[C@H]1[C@H]2CN(C(=O)c3ccc[nH]c3=O)C[C@]23CC[C@H]1O3)c1ccccn1.O=CO. The highest BCUT2D eigenvalue weighted by molar-refractivity contribution is 5.94. The van der Waals surface area contributed by atoms with Crippen molar-refractivity contribution in [3.8, 4) is 0 Å². The zero-order chi connectivity index (χ0) is 22.7. The number of ether oxygens (including phenoxy) is 1. The van der Waals surface area contributed by atoms with Crippen LogP contribution in [-0.4, -0.2) is 69.6 Å². The Labute approximate surface area is 183 Å². The first-order valence-electron chi connectivity index (χ1n) is 10.4. The van der Waals surface area contributed by atoms with Crippen molar-refractivity contribution in [1.29, 1.82) is 0 Å². The van der Waals surface area contributed by atoms with Gasteiger partial charge < -0.3 is 25.0 Å². The summed E-state index contributed by atoms with van der Waals surface area (Å²) in [7, 11) is 0. The number of likely N-dealkylation sites (tertiary alicyclic amines) is 1. The molecule has 3 N–H and O–H groups in total. The summed E-state index contributed by atoms with van der Waals surface area (Å²) in [6.45, 7) is 1.26. The molecule has 3 saturated heterocycles. The fourth-order valence-corrected chi connectivity index (χ4v) is 5.18. The molecule has 32 heavy (non-hydrogen) atoms. The lowest BCUT2D eigenvalue weighted by molar-refractivity contribution is -0.122. The second-order valence-electron chi connectivity index (χ2n) is 8.16. The number of hydrogen-bond donors (Lipinski definition) is 3. The van der Waals surface area contributed by atoms with Crippen LogP contribution >= 0.6 is 0 Å². The van der Waals surface area contributed by atoms with Gasteiger partial charge in [-0.3, -0.25) is 24.2 Å². The highest BCUT2D eigenvalue weighted by atomic mass is 16.5. The third kappa shape index (κ3) is 3.89. The van der Waals surface area contributed by atoms with Crippen LogP contribution in [0.15, 0.2) is 47.5 Å². The first-order chi connectivity index (χ1) is 15.5. The summed E-state index contributed by atoms with van der Waals surface area (Å²) in [5.74, 6) is -0.177. The second kappa shape index (κ2) is 8.91. The van der Waals surface area contributed by atoms with E-state index in [9.17, 15) is 14.4 Å². The van der Waals surface area contributed by atoms with Crippen LogP contribution < -0.4 is 10.9 Å². The number of rotatable bonds is 4. The summed E-state index contributed by atoms with van der Waals surface area (Å²) >= 11 is 0. The number of hydrogen-bond acceptors (Lipinski definition) is 6. The molecule has 1 spiro atoms. The molecule has 3 aliphatic heterocycles. The summed E-state index contributed by atoms with van der Waals surface area (Å²) < 4.78 is 6.33. The highest BCUT2D eigenvalue weighted by Crippen LogP contribution is 2.54. The Kier molecular flexibility index (Phi) is 6.04. The van der Waals surface area contributed by atoms with E-state index in [0.717, 1.165) is 12.8 Å². The van der Waals surface area contributed by atoms with E-state index in [4.69, 9.17) is 14.6 Å². The molecule has 0 aromatic carbocycles. The Morgan fingerprint density at radius 3 is 2.88 bits per heavy atom. The van der Waals surface area contributed by atoms with Crippen molar-refractivity contribution in [2.75, 3.05) is 19.6 Å². The molecule has 2 bridgehead atoms. The van der Waals surface area contributed by atoms with Gasteiger partial charge in [0.15, 0.2) is 0 Å². The standard InChI is InChI=1S/C21H22N4O4.CH2O2/c26-18-13(4-3-9-23-18)20(28)25-11-15-14(17-6-7-21(15,12-25)29-17)10-24-19(27)16-5-1-2-8-22-16;2-1-3/h1-5,8-9,14-15,17H,6-7,10-12H2,(H,23,26)(H,24,27);1H,(H,2,3)/t14-,15+,17+,21+;/m0./s1. The maximum atomic E-state index is 12.9. The van der Waals surface area contributed by atoms with E-state index in [-0.39, 0.29) is 53.0 Å². The number of carbonyl (C=O) groups is 3. The molecule has 168 valence electrons. The summed E-state index contributed by atoms with van der Waals surface area (Å²) in [4.78, 5) is 54.0. The van der Waals surface area contributed by atoms with E-state index < -0.39 is 0 Å². The molecule has 4 atom stereocenters. The molecule has 10 nitrogen and oxygen atoms in total. The quantitative estimate of drug-likeness (QED) is 0.589. The minimum Gasteiger partial charge on any atom is -0.483 e. The van der Waals surface area contributed by atoms with E-state index in [1.54, 1.807) is 41.4 Å². The fourth-order valence-electron chi connectivity index (χ4n) is 5.18. The molecule has 2 aromatic heterocycles. The van der Waals surface area contributed by atoms with Crippen LogP contribution in [0.25, 0.3) is 0 Å². The number of nitrogens with one attached hydrogen (secondary N) is 2. The van der Waals surface area contributed by atoms with Gasteiger partial charge in [0.2, 0.25) is 0 Å². The molecule has 10 heteroatoms. The molecule has 2 amide bonds. The first-order valence-corrected chi connectivity index (χ1v) is 10.4. The smallest absolute Gasteiger partial charge is 0.290 e. The lowest BCUT2D eigenvalue weighted by Crippen LogP contribution is -2.42. The number of fused-ring (bicyclic) bond motifs is 1. The molecule has 3 aliphatic rings. The first kappa shape index (κ1) is 21.7. The maximum Gasteiger partial charge on any atom is 0.290 e. The van der Waals surface area contributed by atoms with Crippen LogP contribution in [0.5, 0.6) is 0 Å². The normalized spacial score (nSPS) is 27.2. The summed E-state index contributed by atoms with van der Waals surface area (Å²) in [5.41, 5.74) is -0.199. The largest absolute Gasteiger partial charge is 0.483 e. The number of nitrogens with zero attached hydrogens (tertiary/aromatic N) is 2. The number of aromatic amines is 1. The van der Waals surface area contributed by atoms with Crippen molar-refractivity contribution in [3.05, 3.63) is 64.3 Å². The van der Waals surface area contributed by atoms with Gasteiger partial charge in [0.25, 0.3) is 23.8 Å². The Morgan fingerprint density at radius 1 is 1.34 bits per heavy atom. The number of pyridine rings is 2. The average Bonchev–Trinajstić information content (AvgIpc) is 3.47. The summed E-state index contributed by atoms with van der Waals surface area (Å²) in [5, 5.41) is 9.87. The van der Waals surface area contributed by atoms with E-state index in [1.807, 2.05) is 0 Å². The maximum absolute atomic E-state index is 12.9. The molecule has 3 fully saturated rings. The topological polar surface area (TPSA) is 142 Å². The van der Waals surface area contributed by atoms with Gasteiger partial charge in [-0.15, -0.1) is 0 Å². The Bertz CT molecular complexity index is 1060. The molecule has 5 heterocycles. The van der Waals surface area contributed by atoms with Crippen molar-refractivity contribution in [2.24, 2.45) is 11.8 Å². The molecule has 0 radical (unpaired) electrons. The van der Waals surface area contributed by atoms with Gasteiger partial charge in [0.1, 0.15) is 11.3 Å².